The van der Waals surface area contributed by atoms with E-state index in [1.807, 2.05) is 0 Å². The van der Waals surface area contributed by atoms with Crippen LogP contribution in [-0.4, -0.2) is 13.6 Å². The molecule has 0 saturated heterocycles. The molecule has 0 atom stereocenters. The van der Waals surface area contributed by atoms with Crippen LogP contribution in [0.4, 0.5) is 0 Å². The Morgan fingerprint density at radius 2 is 1.91 bits per heavy atom. The van der Waals surface area contributed by atoms with Crippen molar-refractivity contribution in [2.24, 2.45) is 16.7 Å². The molecule has 1 N–H and O–H groups in total. The quantitative estimate of drug-likeness (QED) is 0.648. The van der Waals surface area contributed by atoms with Crippen molar-refractivity contribution in [1.29, 1.82) is 0 Å². The Balaban J connectivity index is 1.63. The highest BCUT2D eigenvalue weighted by Crippen LogP contribution is 2.79. The van der Waals surface area contributed by atoms with Crippen LogP contribution in [0.3, 0.4) is 0 Å². The average molecular weight is 151 g/mol. The van der Waals surface area contributed by atoms with Gasteiger partial charge >= 0.3 is 0 Å². The van der Waals surface area contributed by atoms with Crippen molar-refractivity contribution in [2.45, 2.75) is 32.1 Å². The average Bonchev–Trinajstić information content (AvgIpc) is 2.55. The maximum absolute atomic E-state index is 3.32. The van der Waals surface area contributed by atoms with Crippen molar-refractivity contribution in [3.05, 3.63) is 0 Å². The highest BCUT2D eigenvalue weighted by Gasteiger charge is 2.71. The van der Waals surface area contributed by atoms with E-state index < -0.39 is 0 Å². The van der Waals surface area contributed by atoms with Crippen LogP contribution in [0, 0.1) is 16.7 Å². The fraction of sp³-hybridized carbons (Fsp3) is 1.00. The van der Waals surface area contributed by atoms with Crippen LogP contribution in [0.25, 0.3) is 0 Å². The third-order valence-electron chi connectivity index (χ3n) is 4.18. The monoisotopic (exact) mass is 151 g/mol. The van der Waals surface area contributed by atoms with Crippen molar-refractivity contribution in [3.63, 3.8) is 0 Å². The lowest BCUT2D eigenvalue weighted by atomic mass is 9.33. The SMILES string of the molecule is CNCC12CC(C3CC3)(C1)C2. The summed E-state index contributed by atoms with van der Waals surface area (Å²) in [5, 5.41) is 3.32. The molecule has 62 valence electrons. The lowest BCUT2D eigenvalue weighted by Crippen LogP contribution is -2.65. The minimum Gasteiger partial charge on any atom is -0.319 e. The molecule has 4 saturated carbocycles. The van der Waals surface area contributed by atoms with Crippen LogP contribution in [0.1, 0.15) is 32.1 Å². The van der Waals surface area contributed by atoms with E-state index in [9.17, 15) is 0 Å². The Morgan fingerprint density at radius 3 is 2.36 bits per heavy atom. The summed E-state index contributed by atoms with van der Waals surface area (Å²) >= 11 is 0. The van der Waals surface area contributed by atoms with Gasteiger partial charge in [-0.25, -0.2) is 0 Å². The van der Waals surface area contributed by atoms with Gasteiger partial charge in [0.2, 0.25) is 0 Å². The van der Waals surface area contributed by atoms with E-state index in [4.69, 9.17) is 0 Å². The fourth-order valence-corrected chi connectivity index (χ4v) is 3.78. The van der Waals surface area contributed by atoms with Crippen LogP contribution in [0.15, 0.2) is 0 Å². The smallest absolute Gasteiger partial charge is 0.000543 e. The normalized spacial score (nSPS) is 53.2. The topological polar surface area (TPSA) is 12.0 Å². The largest absolute Gasteiger partial charge is 0.319 e. The first-order valence-electron chi connectivity index (χ1n) is 4.93. The molecule has 0 unspecified atom stereocenters. The third-order valence-corrected chi connectivity index (χ3v) is 4.18. The molecule has 0 aromatic rings. The zero-order chi connectivity index (χ0) is 7.53. The van der Waals surface area contributed by atoms with Gasteiger partial charge in [-0.1, -0.05) is 0 Å². The molecule has 0 radical (unpaired) electrons. The van der Waals surface area contributed by atoms with Gasteiger partial charge in [0.15, 0.2) is 0 Å². The molecule has 4 fully saturated rings. The molecule has 0 spiro atoms. The van der Waals surface area contributed by atoms with Gasteiger partial charge in [-0.05, 0) is 55.9 Å². The highest BCUT2D eigenvalue weighted by atomic mass is 14.9. The van der Waals surface area contributed by atoms with Crippen LogP contribution in [0.5, 0.6) is 0 Å². The van der Waals surface area contributed by atoms with E-state index in [0.717, 1.165) is 10.8 Å². The van der Waals surface area contributed by atoms with Crippen molar-refractivity contribution in [1.82, 2.24) is 5.32 Å². The molecule has 1 nitrogen and oxygen atoms in total. The van der Waals surface area contributed by atoms with E-state index in [0.29, 0.717) is 0 Å². The minimum atomic E-state index is 0.789. The van der Waals surface area contributed by atoms with Crippen LogP contribution < -0.4 is 5.32 Å². The molecule has 4 rings (SSSR count). The highest BCUT2D eigenvalue weighted by molar-refractivity contribution is 5.21. The van der Waals surface area contributed by atoms with Gasteiger partial charge in [-0.15, -0.1) is 0 Å². The van der Waals surface area contributed by atoms with Crippen molar-refractivity contribution in [3.8, 4) is 0 Å². The van der Waals surface area contributed by atoms with Crippen molar-refractivity contribution in [2.75, 3.05) is 13.6 Å². The number of rotatable bonds is 3. The second-order valence-electron chi connectivity index (χ2n) is 5.20. The molecule has 4 aliphatic carbocycles. The predicted molar refractivity (Wildman–Crippen MR) is 45.4 cm³/mol. The zero-order valence-corrected chi connectivity index (χ0v) is 7.32. The summed E-state index contributed by atoms with van der Waals surface area (Å²) in [4.78, 5) is 0. The Bertz CT molecular complexity index is 173. The Hall–Kier alpha value is -0.0400. The Kier molecular flexibility index (Phi) is 0.976. The minimum absolute atomic E-state index is 0.789. The zero-order valence-electron chi connectivity index (χ0n) is 7.32. The molecule has 0 amide bonds. The van der Waals surface area contributed by atoms with Crippen LogP contribution in [-0.2, 0) is 0 Å². The molecule has 4 aliphatic rings. The van der Waals surface area contributed by atoms with Gasteiger partial charge in [0.05, 0.1) is 0 Å². The van der Waals surface area contributed by atoms with E-state index >= 15 is 0 Å². The molecule has 0 aromatic heterocycles. The van der Waals surface area contributed by atoms with E-state index in [1.54, 1.807) is 32.1 Å². The fourth-order valence-electron chi connectivity index (χ4n) is 3.78. The second-order valence-corrected chi connectivity index (χ2v) is 5.20. The first-order chi connectivity index (χ1) is 5.29. The van der Waals surface area contributed by atoms with Gasteiger partial charge in [0, 0.05) is 6.54 Å². The molecule has 0 aromatic carbocycles. The van der Waals surface area contributed by atoms with Gasteiger partial charge in [-0.2, -0.15) is 0 Å². The first-order valence-corrected chi connectivity index (χ1v) is 4.93. The summed E-state index contributed by atoms with van der Waals surface area (Å²) in [6.45, 7) is 1.28. The molecular formula is C10H17N. The number of hydrogen-bond donors (Lipinski definition) is 1. The number of hydrogen-bond acceptors (Lipinski definition) is 1. The standard InChI is InChI=1S/C10H17N/c1-11-7-9-4-10(5-9,6-9)8-2-3-8/h8,11H,2-7H2,1H3. The van der Waals surface area contributed by atoms with Crippen LogP contribution >= 0.6 is 0 Å². The lowest BCUT2D eigenvalue weighted by molar-refractivity contribution is -0.213. The van der Waals surface area contributed by atoms with Crippen molar-refractivity contribution < 1.29 is 0 Å². The van der Waals surface area contributed by atoms with Crippen LogP contribution in [0.2, 0.25) is 0 Å². The Morgan fingerprint density at radius 1 is 1.27 bits per heavy atom. The summed E-state index contributed by atoms with van der Waals surface area (Å²) in [7, 11) is 2.09. The molecule has 0 aliphatic heterocycles. The maximum Gasteiger partial charge on any atom is 0.000543 e. The van der Waals surface area contributed by atoms with Gasteiger partial charge in [-0.3, -0.25) is 0 Å². The third kappa shape index (κ3) is 0.658. The van der Waals surface area contributed by atoms with E-state index in [2.05, 4.69) is 12.4 Å². The van der Waals surface area contributed by atoms with E-state index in [1.165, 1.54) is 12.5 Å². The molecular weight excluding hydrogens is 134 g/mol. The van der Waals surface area contributed by atoms with Gasteiger partial charge in [0.1, 0.15) is 0 Å². The molecule has 1 heteroatoms. The maximum atomic E-state index is 3.32. The second kappa shape index (κ2) is 1.66. The van der Waals surface area contributed by atoms with Gasteiger partial charge < -0.3 is 5.32 Å². The first kappa shape index (κ1) is 6.47. The molecule has 2 bridgehead atoms. The number of nitrogens with one attached hydrogen (secondary N) is 1. The van der Waals surface area contributed by atoms with Crippen molar-refractivity contribution >= 4 is 0 Å². The summed E-state index contributed by atoms with van der Waals surface area (Å²) in [5.41, 5.74) is 1.69. The summed E-state index contributed by atoms with van der Waals surface area (Å²) in [6, 6.07) is 0. The lowest BCUT2D eigenvalue weighted by Gasteiger charge is -2.72. The van der Waals surface area contributed by atoms with Gasteiger partial charge in [0.25, 0.3) is 0 Å². The summed E-state index contributed by atoms with van der Waals surface area (Å²) in [5.74, 6) is 1.17. The molecule has 11 heavy (non-hydrogen) atoms. The summed E-state index contributed by atoms with van der Waals surface area (Å²) < 4.78 is 0. The Labute approximate surface area is 68.6 Å². The predicted octanol–water partition coefficient (Wildman–Crippen LogP) is 1.79. The van der Waals surface area contributed by atoms with E-state index in [-0.39, 0.29) is 0 Å². The molecule has 0 heterocycles. The summed E-state index contributed by atoms with van der Waals surface area (Å²) in [6.07, 6.45) is 7.79.